The molecular formula is C16H27N3O. The molecule has 1 atom stereocenters. The highest BCUT2D eigenvalue weighted by Gasteiger charge is 2.23. The topological polar surface area (TPSA) is 37.4 Å². The summed E-state index contributed by atoms with van der Waals surface area (Å²) in [6.07, 6.45) is 1.08. The Bertz CT molecular complexity index is 448. The minimum absolute atomic E-state index is 0.0610. The molecule has 20 heavy (non-hydrogen) atoms. The molecular weight excluding hydrogens is 250 g/mol. The van der Waals surface area contributed by atoms with Gasteiger partial charge in [-0.3, -0.25) is 0 Å². The van der Waals surface area contributed by atoms with Gasteiger partial charge in [0.25, 0.3) is 0 Å². The summed E-state index contributed by atoms with van der Waals surface area (Å²) in [7, 11) is 4.10. The molecule has 4 heteroatoms. The van der Waals surface area contributed by atoms with Crippen LogP contribution in [0.2, 0.25) is 0 Å². The van der Waals surface area contributed by atoms with Crippen LogP contribution < -0.4 is 10.2 Å². The van der Waals surface area contributed by atoms with Crippen LogP contribution in [0.5, 0.6) is 0 Å². The Morgan fingerprint density at radius 1 is 1.40 bits per heavy atom. The summed E-state index contributed by atoms with van der Waals surface area (Å²) in [6, 6.07) is 4.84. The van der Waals surface area contributed by atoms with Gasteiger partial charge in [0.2, 0.25) is 0 Å². The van der Waals surface area contributed by atoms with E-state index in [0.717, 1.165) is 37.7 Å². The van der Waals surface area contributed by atoms with E-state index < -0.39 is 0 Å². The van der Waals surface area contributed by atoms with Crippen molar-refractivity contribution in [3.63, 3.8) is 0 Å². The molecule has 112 valence electrons. The third-order valence-corrected chi connectivity index (χ3v) is 3.84. The minimum Gasteiger partial charge on any atom is -0.379 e. The molecule has 0 saturated carbocycles. The summed E-state index contributed by atoms with van der Waals surface area (Å²) in [4.78, 5) is 7.14. The van der Waals surface area contributed by atoms with E-state index in [1.165, 1.54) is 5.56 Å². The molecule has 4 nitrogen and oxygen atoms in total. The molecule has 0 amide bonds. The monoisotopic (exact) mass is 277 g/mol. The van der Waals surface area contributed by atoms with Gasteiger partial charge in [0.15, 0.2) is 0 Å². The molecule has 0 aliphatic carbocycles. The van der Waals surface area contributed by atoms with E-state index in [0.29, 0.717) is 6.04 Å². The third kappa shape index (κ3) is 3.49. The van der Waals surface area contributed by atoms with Crippen molar-refractivity contribution in [1.29, 1.82) is 0 Å². The number of pyridine rings is 1. The molecule has 2 heterocycles. The zero-order chi connectivity index (χ0) is 14.8. The van der Waals surface area contributed by atoms with Crippen molar-refractivity contribution in [2.24, 2.45) is 0 Å². The molecule has 0 spiro atoms. The van der Waals surface area contributed by atoms with Gasteiger partial charge in [0.1, 0.15) is 5.82 Å². The Labute approximate surface area is 122 Å². The van der Waals surface area contributed by atoms with Gasteiger partial charge in [0, 0.05) is 31.3 Å². The average Bonchev–Trinajstić information content (AvgIpc) is 2.90. The maximum Gasteiger partial charge on any atom is 0.129 e. The van der Waals surface area contributed by atoms with Crippen molar-refractivity contribution in [3.8, 4) is 0 Å². The number of nitrogens with one attached hydrogen (secondary N) is 1. The van der Waals surface area contributed by atoms with Gasteiger partial charge in [-0.1, -0.05) is 20.8 Å². The van der Waals surface area contributed by atoms with Crippen molar-refractivity contribution in [1.82, 2.24) is 10.3 Å². The van der Waals surface area contributed by atoms with E-state index in [1.807, 2.05) is 7.05 Å². The Morgan fingerprint density at radius 3 is 2.70 bits per heavy atom. The molecule has 1 saturated heterocycles. The molecule has 0 aromatic carbocycles. The molecule has 2 rings (SSSR count). The number of anilines is 1. The molecule has 1 aliphatic rings. The molecule has 1 N–H and O–H groups in total. The lowest BCUT2D eigenvalue weighted by Crippen LogP contribution is -2.33. The lowest BCUT2D eigenvalue weighted by Gasteiger charge is -2.27. The van der Waals surface area contributed by atoms with Crippen LogP contribution in [0.3, 0.4) is 0 Å². The van der Waals surface area contributed by atoms with Crippen molar-refractivity contribution in [2.75, 3.05) is 32.2 Å². The highest BCUT2D eigenvalue weighted by molar-refractivity contribution is 5.44. The average molecular weight is 277 g/mol. The second-order valence-electron chi connectivity index (χ2n) is 6.63. The number of nitrogens with zero attached hydrogens (tertiary/aromatic N) is 2. The standard InChI is InChI=1S/C16H27N3O/c1-16(2,3)14-8-12(10-17-4)9-15(18-14)19(5)13-6-7-20-11-13/h8-9,13,17H,6-7,10-11H2,1-5H3. The summed E-state index contributed by atoms with van der Waals surface area (Å²) in [5, 5.41) is 3.23. The van der Waals surface area contributed by atoms with Gasteiger partial charge in [-0.2, -0.15) is 0 Å². The molecule has 0 radical (unpaired) electrons. The normalized spacial score (nSPS) is 19.4. The van der Waals surface area contributed by atoms with Crippen LogP contribution in [0, 0.1) is 0 Å². The smallest absolute Gasteiger partial charge is 0.129 e. The SMILES string of the molecule is CNCc1cc(N(C)C2CCOC2)nc(C(C)(C)C)c1. The van der Waals surface area contributed by atoms with Crippen molar-refractivity contribution in [3.05, 3.63) is 23.4 Å². The van der Waals surface area contributed by atoms with E-state index >= 15 is 0 Å². The summed E-state index contributed by atoms with van der Waals surface area (Å²) in [5.74, 6) is 1.05. The fraction of sp³-hybridized carbons (Fsp3) is 0.688. The predicted octanol–water partition coefficient (Wildman–Crippen LogP) is 2.32. The summed E-state index contributed by atoms with van der Waals surface area (Å²) >= 11 is 0. The maximum atomic E-state index is 5.49. The van der Waals surface area contributed by atoms with E-state index in [9.17, 15) is 0 Å². The second kappa shape index (κ2) is 6.10. The number of aromatic nitrogens is 1. The molecule has 1 aromatic heterocycles. The third-order valence-electron chi connectivity index (χ3n) is 3.84. The Kier molecular flexibility index (Phi) is 4.66. The minimum atomic E-state index is 0.0610. The summed E-state index contributed by atoms with van der Waals surface area (Å²) in [5.41, 5.74) is 2.49. The number of rotatable bonds is 4. The van der Waals surface area contributed by atoms with Gasteiger partial charge in [-0.25, -0.2) is 4.98 Å². The van der Waals surface area contributed by atoms with Crippen molar-refractivity contribution < 1.29 is 4.74 Å². The zero-order valence-electron chi connectivity index (χ0n) is 13.4. The lowest BCUT2D eigenvalue weighted by molar-refractivity contribution is 0.193. The first-order chi connectivity index (χ1) is 9.41. The largest absolute Gasteiger partial charge is 0.379 e. The zero-order valence-corrected chi connectivity index (χ0v) is 13.4. The Balaban J connectivity index is 2.32. The molecule has 1 aromatic rings. The lowest BCUT2D eigenvalue weighted by atomic mass is 9.90. The number of ether oxygens (including phenoxy) is 1. The fourth-order valence-electron chi connectivity index (χ4n) is 2.46. The van der Waals surface area contributed by atoms with Gasteiger partial charge in [-0.15, -0.1) is 0 Å². The summed E-state index contributed by atoms with van der Waals surface area (Å²) < 4.78 is 5.49. The van der Waals surface area contributed by atoms with Crippen molar-refractivity contribution >= 4 is 5.82 Å². The van der Waals surface area contributed by atoms with Crippen LogP contribution in [-0.2, 0) is 16.7 Å². The Hall–Kier alpha value is -1.13. The first-order valence-corrected chi connectivity index (χ1v) is 7.38. The van der Waals surface area contributed by atoms with Crippen LogP contribution in [0.1, 0.15) is 38.4 Å². The first kappa shape index (κ1) is 15.3. The number of likely N-dealkylation sites (N-methyl/N-ethyl adjacent to an activating group) is 1. The van der Waals surface area contributed by atoms with E-state index in [1.54, 1.807) is 0 Å². The molecule has 1 fully saturated rings. The van der Waals surface area contributed by atoms with E-state index in [2.05, 4.69) is 50.2 Å². The highest BCUT2D eigenvalue weighted by atomic mass is 16.5. The second-order valence-corrected chi connectivity index (χ2v) is 6.63. The van der Waals surface area contributed by atoms with E-state index in [4.69, 9.17) is 9.72 Å². The van der Waals surface area contributed by atoms with Crippen LogP contribution >= 0.6 is 0 Å². The van der Waals surface area contributed by atoms with E-state index in [-0.39, 0.29) is 5.41 Å². The van der Waals surface area contributed by atoms with Gasteiger partial charge in [-0.05, 0) is 31.2 Å². The summed E-state index contributed by atoms with van der Waals surface area (Å²) in [6.45, 7) is 9.16. The van der Waals surface area contributed by atoms with Crippen LogP contribution in [0.15, 0.2) is 12.1 Å². The van der Waals surface area contributed by atoms with Crippen LogP contribution in [-0.4, -0.2) is 38.3 Å². The number of hydrogen-bond donors (Lipinski definition) is 1. The maximum absolute atomic E-state index is 5.49. The van der Waals surface area contributed by atoms with Crippen LogP contribution in [0.25, 0.3) is 0 Å². The molecule has 0 bridgehead atoms. The van der Waals surface area contributed by atoms with Crippen molar-refractivity contribution in [2.45, 2.75) is 45.2 Å². The molecule has 1 unspecified atom stereocenters. The van der Waals surface area contributed by atoms with Gasteiger partial charge >= 0.3 is 0 Å². The van der Waals surface area contributed by atoms with Gasteiger partial charge < -0.3 is 15.0 Å². The first-order valence-electron chi connectivity index (χ1n) is 7.38. The molecule has 1 aliphatic heterocycles. The van der Waals surface area contributed by atoms with Gasteiger partial charge in [0.05, 0.1) is 12.6 Å². The predicted molar refractivity (Wildman–Crippen MR) is 83.3 cm³/mol. The quantitative estimate of drug-likeness (QED) is 0.916. The Morgan fingerprint density at radius 2 is 2.15 bits per heavy atom. The number of hydrogen-bond acceptors (Lipinski definition) is 4. The fourth-order valence-corrected chi connectivity index (χ4v) is 2.46. The highest BCUT2D eigenvalue weighted by Crippen LogP contribution is 2.26. The van der Waals surface area contributed by atoms with Crippen LogP contribution in [0.4, 0.5) is 5.82 Å².